The predicted octanol–water partition coefficient (Wildman–Crippen LogP) is 3.22. The Bertz CT molecular complexity index is 445. The highest BCUT2D eigenvalue weighted by Crippen LogP contribution is 2.24. The molecule has 1 unspecified atom stereocenters. The first kappa shape index (κ1) is 13.4. The van der Waals surface area contributed by atoms with Gasteiger partial charge in [0, 0.05) is 25.2 Å². The van der Waals surface area contributed by atoms with Gasteiger partial charge in [-0.15, -0.1) is 0 Å². The number of hydrogen-bond donors (Lipinski definition) is 1. The number of methoxy groups -OCH3 is 1. The first-order valence-corrected chi connectivity index (χ1v) is 7.21. The van der Waals surface area contributed by atoms with Crippen LogP contribution in [0.2, 0.25) is 0 Å². The predicted molar refractivity (Wildman–Crippen MR) is 79.7 cm³/mol. The molecule has 1 atom stereocenters. The van der Waals surface area contributed by atoms with Crippen molar-refractivity contribution >= 4 is 22.6 Å². The van der Waals surface area contributed by atoms with Crippen LogP contribution in [0, 0.1) is 13.8 Å². The van der Waals surface area contributed by atoms with Crippen molar-refractivity contribution in [3.05, 3.63) is 29.3 Å². The molecule has 1 heterocycles. The van der Waals surface area contributed by atoms with Gasteiger partial charge in [-0.05, 0) is 31.9 Å². The molecule has 4 heteroatoms. The van der Waals surface area contributed by atoms with Crippen LogP contribution in [-0.2, 0) is 4.74 Å². The molecule has 1 aromatic rings. The summed E-state index contributed by atoms with van der Waals surface area (Å²) in [6.45, 7) is 5.02. The zero-order valence-corrected chi connectivity index (χ0v) is 12.0. The molecule has 98 valence electrons. The third-order valence-electron chi connectivity index (χ3n) is 2.99. The van der Waals surface area contributed by atoms with Gasteiger partial charge in [-0.1, -0.05) is 29.5 Å². The fourth-order valence-corrected chi connectivity index (χ4v) is 2.95. The number of ether oxygens (including phenoxy) is 1. The third kappa shape index (κ3) is 3.50. The smallest absolute Gasteiger partial charge is 0.161 e. The number of benzene rings is 1. The Balaban J connectivity index is 1.97. The zero-order chi connectivity index (χ0) is 13.0. The number of hydrogen-bond acceptors (Lipinski definition) is 4. The van der Waals surface area contributed by atoms with Crippen molar-refractivity contribution < 1.29 is 4.74 Å². The van der Waals surface area contributed by atoms with Crippen molar-refractivity contribution in [2.45, 2.75) is 26.3 Å². The topological polar surface area (TPSA) is 33.6 Å². The van der Waals surface area contributed by atoms with E-state index >= 15 is 0 Å². The summed E-state index contributed by atoms with van der Waals surface area (Å²) in [6.07, 6.45) is 1.00. The summed E-state index contributed by atoms with van der Waals surface area (Å²) >= 11 is 1.79. The Labute approximate surface area is 113 Å². The second kappa shape index (κ2) is 6.25. The largest absolute Gasteiger partial charge is 0.385 e. The summed E-state index contributed by atoms with van der Waals surface area (Å²) < 4.78 is 5.09. The maximum absolute atomic E-state index is 5.09. The Morgan fingerprint density at radius 3 is 3.00 bits per heavy atom. The van der Waals surface area contributed by atoms with E-state index < -0.39 is 0 Å². The molecular weight excluding hydrogens is 244 g/mol. The van der Waals surface area contributed by atoms with E-state index in [1.807, 2.05) is 0 Å². The van der Waals surface area contributed by atoms with E-state index in [4.69, 9.17) is 4.74 Å². The van der Waals surface area contributed by atoms with Gasteiger partial charge in [-0.25, -0.2) is 0 Å². The lowest BCUT2D eigenvalue weighted by molar-refractivity contribution is 0.190. The number of nitrogens with zero attached hydrogens (tertiary/aromatic N) is 1. The normalized spacial score (nSPS) is 18.8. The zero-order valence-electron chi connectivity index (χ0n) is 11.2. The van der Waals surface area contributed by atoms with Crippen LogP contribution in [-0.4, -0.2) is 30.7 Å². The van der Waals surface area contributed by atoms with Gasteiger partial charge in [-0.2, -0.15) is 0 Å². The van der Waals surface area contributed by atoms with E-state index in [1.165, 1.54) is 11.1 Å². The number of anilines is 1. The van der Waals surface area contributed by atoms with Gasteiger partial charge in [0.15, 0.2) is 5.17 Å². The maximum atomic E-state index is 5.09. The summed E-state index contributed by atoms with van der Waals surface area (Å²) in [5.74, 6) is 1.05. The molecule has 1 aromatic carbocycles. The van der Waals surface area contributed by atoms with Crippen molar-refractivity contribution in [1.82, 2.24) is 0 Å². The number of aryl methyl sites for hydroxylation is 2. The number of nitrogens with one attached hydrogen (secondary N) is 1. The van der Waals surface area contributed by atoms with E-state index in [1.54, 1.807) is 18.9 Å². The molecule has 0 aliphatic carbocycles. The summed E-state index contributed by atoms with van der Waals surface area (Å²) in [6, 6.07) is 6.82. The molecule has 0 amide bonds. The second-order valence-electron chi connectivity index (χ2n) is 4.62. The van der Waals surface area contributed by atoms with Gasteiger partial charge in [0.1, 0.15) is 0 Å². The fraction of sp³-hybridized carbons (Fsp3) is 0.500. The van der Waals surface area contributed by atoms with Gasteiger partial charge in [-0.3, -0.25) is 4.99 Å². The molecule has 18 heavy (non-hydrogen) atoms. The quantitative estimate of drug-likeness (QED) is 0.906. The van der Waals surface area contributed by atoms with Crippen molar-refractivity contribution in [3.8, 4) is 0 Å². The molecule has 2 rings (SSSR count). The minimum atomic E-state index is 0.392. The highest BCUT2D eigenvalue weighted by molar-refractivity contribution is 8.14. The average Bonchev–Trinajstić information content (AvgIpc) is 2.78. The first-order chi connectivity index (χ1) is 8.69. The minimum absolute atomic E-state index is 0.392. The lowest BCUT2D eigenvalue weighted by Crippen LogP contribution is -2.08. The number of thioether (sulfide) groups is 1. The van der Waals surface area contributed by atoms with E-state index in [0.29, 0.717) is 6.04 Å². The molecule has 1 N–H and O–H groups in total. The molecule has 1 aliphatic rings. The van der Waals surface area contributed by atoms with Crippen LogP contribution >= 0.6 is 11.8 Å². The van der Waals surface area contributed by atoms with Gasteiger partial charge < -0.3 is 10.1 Å². The molecular formula is C14H20N2OS. The molecule has 0 saturated heterocycles. The second-order valence-corrected chi connectivity index (χ2v) is 5.63. The van der Waals surface area contributed by atoms with E-state index in [-0.39, 0.29) is 0 Å². The highest BCUT2D eigenvalue weighted by Gasteiger charge is 2.18. The van der Waals surface area contributed by atoms with E-state index in [0.717, 1.165) is 29.6 Å². The highest BCUT2D eigenvalue weighted by atomic mass is 32.2. The molecule has 3 nitrogen and oxygen atoms in total. The van der Waals surface area contributed by atoms with Gasteiger partial charge in [0.25, 0.3) is 0 Å². The molecule has 0 spiro atoms. The molecule has 0 radical (unpaired) electrons. The van der Waals surface area contributed by atoms with Crippen LogP contribution in [0.1, 0.15) is 17.5 Å². The van der Waals surface area contributed by atoms with Crippen LogP contribution in [0.3, 0.4) is 0 Å². The van der Waals surface area contributed by atoms with Crippen molar-refractivity contribution in [1.29, 1.82) is 0 Å². The Morgan fingerprint density at radius 2 is 2.28 bits per heavy atom. The molecule has 0 fully saturated rings. The summed E-state index contributed by atoms with van der Waals surface area (Å²) in [5.41, 5.74) is 3.70. The van der Waals surface area contributed by atoms with Gasteiger partial charge >= 0.3 is 0 Å². The SMILES string of the molecule is COCCC1CSC(Nc2ccc(C)cc2C)=N1. The standard InChI is InChI=1S/C14H20N2OS/c1-10-4-5-13(11(2)8-10)16-14-15-12(9-18-14)6-7-17-3/h4-5,8,12H,6-7,9H2,1-3H3,(H,15,16). The molecule has 0 saturated carbocycles. The van der Waals surface area contributed by atoms with Crippen LogP contribution in [0.15, 0.2) is 23.2 Å². The van der Waals surface area contributed by atoms with Crippen molar-refractivity contribution in [2.24, 2.45) is 4.99 Å². The number of amidine groups is 1. The number of rotatable bonds is 4. The summed E-state index contributed by atoms with van der Waals surface area (Å²) in [4.78, 5) is 4.67. The molecule has 0 aromatic heterocycles. The summed E-state index contributed by atoms with van der Waals surface area (Å²) in [5, 5.41) is 4.45. The van der Waals surface area contributed by atoms with Crippen molar-refractivity contribution in [2.75, 3.05) is 24.8 Å². The lowest BCUT2D eigenvalue weighted by atomic mass is 10.1. The van der Waals surface area contributed by atoms with Crippen molar-refractivity contribution in [3.63, 3.8) is 0 Å². The van der Waals surface area contributed by atoms with Gasteiger partial charge in [0.2, 0.25) is 0 Å². The Hall–Kier alpha value is -1.00. The van der Waals surface area contributed by atoms with E-state index in [9.17, 15) is 0 Å². The summed E-state index contributed by atoms with van der Waals surface area (Å²) in [7, 11) is 1.74. The lowest BCUT2D eigenvalue weighted by Gasteiger charge is -2.09. The first-order valence-electron chi connectivity index (χ1n) is 6.23. The number of aliphatic imine (C=N–C) groups is 1. The van der Waals surface area contributed by atoms with E-state index in [2.05, 4.69) is 42.4 Å². The van der Waals surface area contributed by atoms with Gasteiger partial charge in [0.05, 0.1) is 6.04 Å². The Morgan fingerprint density at radius 1 is 1.44 bits per heavy atom. The third-order valence-corrected chi connectivity index (χ3v) is 4.02. The average molecular weight is 264 g/mol. The van der Waals surface area contributed by atoms with Crippen LogP contribution in [0.4, 0.5) is 5.69 Å². The monoisotopic (exact) mass is 264 g/mol. The van der Waals surface area contributed by atoms with Crippen LogP contribution < -0.4 is 5.32 Å². The fourth-order valence-electron chi connectivity index (χ4n) is 1.95. The van der Waals surface area contributed by atoms with Crippen LogP contribution in [0.5, 0.6) is 0 Å². The minimum Gasteiger partial charge on any atom is -0.385 e. The maximum Gasteiger partial charge on any atom is 0.161 e. The molecule has 0 bridgehead atoms. The Kier molecular flexibility index (Phi) is 4.66. The molecule has 1 aliphatic heterocycles. The van der Waals surface area contributed by atoms with Crippen LogP contribution in [0.25, 0.3) is 0 Å².